The smallest absolute Gasteiger partial charge is 0.329 e. The summed E-state index contributed by atoms with van der Waals surface area (Å²) in [6, 6.07) is -0.549. The number of hydrogen-bond donors (Lipinski definition) is 2. The number of aryl methyl sites for hydroxylation is 1. The van der Waals surface area contributed by atoms with Crippen molar-refractivity contribution in [2.24, 2.45) is 0 Å². The van der Waals surface area contributed by atoms with E-state index in [-0.39, 0.29) is 48.7 Å². The van der Waals surface area contributed by atoms with Crippen LogP contribution < -0.4 is 24.3 Å². The van der Waals surface area contributed by atoms with E-state index in [0.717, 1.165) is 5.56 Å². The van der Waals surface area contributed by atoms with Gasteiger partial charge < -0.3 is 39.0 Å². The molecule has 0 aliphatic carbocycles. The Morgan fingerprint density at radius 2 is 1.82 bits per heavy atom. The SMILES string of the molecule is COc1c(C)cc2c(c1O)C1[C@@H]3[C@@H]4SCC(NC(C)=O)C(=O)OC[C@@H](c5c6c(c(C)c(OC(C)=O)c54)OCO6)N3[C@@H](C#N)C(C2)N1C(C)=O. The summed E-state index contributed by atoms with van der Waals surface area (Å²) in [5.41, 5.74) is 3.62. The van der Waals surface area contributed by atoms with Crippen molar-refractivity contribution >= 4 is 35.5 Å². The van der Waals surface area contributed by atoms with Crippen LogP contribution in [0, 0.1) is 25.2 Å². The number of ether oxygens (including phenoxy) is 5. The second-order valence-electron chi connectivity index (χ2n) is 12.9. The summed E-state index contributed by atoms with van der Waals surface area (Å²) in [6.45, 7) is 7.26. The summed E-state index contributed by atoms with van der Waals surface area (Å²) in [4.78, 5) is 55.7. The number of piperazine rings is 1. The number of carbonyl (C=O) groups is 4. The third kappa shape index (κ3) is 4.86. The Labute approximate surface area is 286 Å². The number of benzene rings is 2. The molecule has 0 radical (unpaired) electrons. The number of thioether (sulfide) groups is 1. The van der Waals surface area contributed by atoms with E-state index in [1.807, 2.05) is 17.9 Å². The van der Waals surface area contributed by atoms with E-state index in [0.29, 0.717) is 39.3 Å². The summed E-state index contributed by atoms with van der Waals surface area (Å²) < 4.78 is 29.5. The fourth-order valence-electron chi connectivity index (χ4n) is 8.49. The lowest BCUT2D eigenvalue weighted by Crippen LogP contribution is -2.70. The van der Waals surface area contributed by atoms with Crippen molar-refractivity contribution in [3.05, 3.63) is 39.4 Å². The van der Waals surface area contributed by atoms with Crippen LogP contribution in [-0.4, -0.2) is 89.1 Å². The highest BCUT2D eigenvalue weighted by Crippen LogP contribution is 2.64. The second-order valence-corrected chi connectivity index (χ2v) is 14.1. The molecule has 0 aromatic heterocycles. The molecule has 49 heavy (non-hydrogen) atoms. The summed E-state index contributed by atoms with van der Waals surface area (Å²) in [5, 5.41) is 24.8. The summed E-state index contributed by atoms with van der Waals surface area (Å²) in [6.07, 6.45) is 0.275. The Bertz CT molecular complexity index is 1860. The lowest BCUT2D eigenvalue weighted by atomic mass is 9.71. The molecule has 2 saturated heterocycles. The van der Waals surface area contributed by atoms with Crippen LogP contribution in [0.25, 0.3) is 0 Å². The fraction of sp³-hybridized carbons (Fsp3) is 0.500. The van der Waals surface area contributed by atoms with E-state index in [9.17, 15) is 29.5 Å². The lowest BCUT2D eigenvalue weighted by Gasteiger charge is -2.62. The Balaban J connectivity index is 1.57. The van der Waals surface area contributed by atoms with Crippen LogP contribution in [0.2, 0.25) is 0 Å². The minimum absolute atomic E-state index is 0.0357. The number of phenolic OH excluding ortho intramolecular Hbond substituents is 1. The molecule has 5 heterocycles. The first-order valence-corrected chi connectivity index (χ1v) is 17.0. The van der Waals surface area contributed by atoms with Crippen LogP contribution in [0.5, 0.6) is 28.7 Å². The number of nitrogens with one attached hydrogen (secondary N) is 1. The first-order chi connectivity index (χ1) is 23.4. The van der Waals surface area contributed by atoms with E-state index >= 15 is 0 Å². The molecule has 14 nitrogen and oxygen atoms in total. The van der Waals surface area contributed by atoms with Crippen LogP contribution in [-0.2, 0) is 30.3 Å². The standard InChI is InChI=1S/C34H36N4O10S/c1-13-7-18-8-20-21(9-35)38-22-10-45-34(43)19(36-15(3)39)11-49-33(27(38)26(37(20)16(4)40)23(18)28(42)29(13)44-6)25-24(22)32-31(46-12-47-32)14(2)30(25)48-17(5)41/h7,19-22,26-27,33,42H,8,10-12H2,1-6H3,(H,36,39)/t19?,20?,21-,22-,26?,27+,33+/m0/s1. The van der Waals surface area contributed by atoms with Crippen molar-refractivity contribution in [3.8, 4) is 34.8 Å². The number of hydrogen-bond acceptors (Lipinski definition) is 13. The average Bonchev–Trinajstić information content (AvgIpc) is 3.53. The van der Waals surface area contributed by atoms with Gasteiger partial charge in [-0.2, -0.15) is 5.26 Å². The zero-order valence-corrected chi connectivity index (χ0v) is 28.6. The molecular weight excluding hydrogens is 656 g/mol. The Hall–Kier alpha value is -4.68. The highest BCUT2D eigenvalue weighted by atomic mass is 32.2. The lowest BCUT2D eigenvalue weighted by molar-refractivity contribution is -0.157. The van der Waals surface area contributed by atoms with E-state index < -0.39 is 59.3 Å². The van der Waals surface area contributed by atoms with Gasteiger partial charge in [0.15, 0.2) is 23.0 Å². The maximum atomic E-state index is 13.7. The topological polar surface area (TPSA) is 177 Å². The van der Waals surface area contributed by atoms with Gasteiger partial charge in [0.05, 0.1) is 42.6 Å². The Morgan fingerprint density at radius 1 is 1.08 bits per heavy atom. The molecule has 3 unspecified atom stereocenters. The molecule has 0 spiro atoms. The van der Waals surface area contributed by atoms with E-state index in [2.05, 4.69) is 11.4 Å². The van der Waals surface area contributed by atoms with E-state index in [1.54, 1.807) is 11.8 Å². The van der Waals surface area contributed by atoms with E-state index in [1.165, 1.54) is 39.6 Å². The fourth-order valence-corrected chi connectivity index (χ4v) is 9.99. The maximum absolute atomic E-state index is 13.7. The van der Waals surface area contributed by atoms with Crippen molar-refractivity contribution in [1.82, 2.24) is 15.1 Å². The number of rotatable bonds is 3. The Kier molecular flexibility index (Phi) is 8.06. The number of amides is 2. The minimum atomic E-state index is -1.02. The van der Waals surface area contributed by atoms with Crippen LogP contribution in [0.15, 0.2) is 6.07 Å². The van der Waals surface area contributed by atoms with Crippen LogP contribution >= 0.6 is 11.8 Å². The van der Waals surface area contributed by atoms with Crippen molar-refractivity contribution in [1.29, 1.82) is 5.26 Å². The largest absolute Gasteiger partial charge is 0.504 e. The molecule has 2 aromatic carbocycles. The van der Waals surface area contributed by atoms with Gasteiger partial charge in [-0.1, -0.05) is 6.07 Å². The molecule has 5 aliphatic heterocycles. The summed E-state index contributed by atoms with van der Waals surface area (Å²) in [5.74, 6) is -0.727. The highest BCUT2D eigenvalue weighted by Gasteiger charge is 2.62. The van der Waals surface area contributed by atoms with Gasteiger partial charge in [0.25, 0.3) is 0 Å². The molecule has 7 atom stereocenters. The van der Waals surface area contributed by atoms with Gasteiger partial charge in [0.1, 0.15) is 24.4 Å². The molecule has 4 bridgehead atoms. The van der Waals surface area contributed by atoms with Gasteiger partial charge >= 0.3 is 11.9 Å². The van der Waals surface area contributed by atoms with Gasteiger partial charge in [-0.15, -0.1) is 11.8 Å². The number of phenols is 1. The predicted octanol–water partition coefficient (Wildman–Crippen LogP) is 2.65. The summed E-state index contributed by atoms with van der Waals surface area (Å²) >= 11 is 1.29. The number of fused-ring (bicyclic) bond motifs is 9. The molecule has 2 amide bonds. The minimum Gasteiger partial charge on any atom is -0.504 e. The average molecular weight is 693 g/mol. The number of aromatic hydroxyl groups is 1. The van der Waals surface area contributed by atoms with Crippen molar-refractivity contribution in [2.45, 2.75) is 82.5 Å². The predicted molar refractivity (Wildman–Crippen MR) is 172 cm³/mol. The monoisotopic (exact) mass is 692 g/mol. The zero-order chi connectivity index (χ0) is 35.0. The number of esters is 2. The zero-order valence-electron chi connectivity index (χ0n) is 27.8. The molecule has 5 aliphatic rings. The molecule has 2 N–H and O–H groups in total. The van der Waals surface area contributed by atoms with Crippen LogP contribution in [0.4, 0.5) is 0 Å². The van der Waals surface area contributed by atoms with Gasteiger partial charge in [-0.05, 0) is 31.4 Å². The van der Waals surface area contributed by atoms with Gasteiger partial charge in [-0.25, -0.2) is 4.79 Å². The Morgan fingerprint density at radius 3 is 2.47 bits per heavy atom. The number of cyclic esters (lactones) is 1. The van der Waals surface area contributed by atoms with Crippen LogP contribution in [0.3, 0.4) is 0 Å². The van der Waals surface area contributed by atoms with Gasteiger partial charge in [-0.3, -0.25) is 19.3 Å². The maximum Gasteiger partial charge on any atom is 0.329 e. The highest BCUT2D eigenvalue weighted by molar-refractivity contribution is 7.99. The molecule has 7 rings (SSSR count). The molecule has 258 valence electrons. The number of nitriles is 1. The van der Waals surface area contributed by atoms with Crippen molar-refractivity contribution in [2.75, 3.05) is 26.3 Å². The van der Waals surface area contributed by atoms with Crippen molar-refractivity contribution in [3.63, 3.8) is 0 Å². The van der Waals surface area contributed by atoms with Gasteiger partial charge in [0.2, 0.25) is 18.6 Å². The third-order valence-electron chi connectivity index (χ3n) is 10.1. The van der Waals surface area contributed by atoms with E-state index in [4.69, 9.17) is 23.7 Å². The number of nitrogens with zero attached hydrogens (tertiary/aromatic N) is 3. The first-order valence-electron chi connectivity index (χ1n) is 15.9. The molecule has 2 fully saturated rings. The van der Waals surface area contributed by atoms with Crippen LogP contribution in [0.1, 0.15) is 71.5 Å². The molecule has 15 heteroatoms. The quantitative estimate of drug-likeness (QED) is 0.355. The molecule has 0 saturated carbocycles. The number of methoxy groups -OCH3 is 1. The third-order valence-corrected chi connectivity index (χ3v) is 11.5. The number of carbonyl (C=O) groups excluding carboxylic acids is 4. The summed E-state index contributed by atoms with van der Waals surface area (Å²) in [7, 11) is 1.46. The first kappa shape index (κ1) is 32.8. The normalized spacial score (nSPS) is 27.9. The second kappa shape index (κ2) is 12.0. The van der Waals surface area contributed by atoms with Crippen molar-refractivity contribution < 1.29 is 48.0 Å². The molecular formula is C34H36N4O10S. The molecule has 2 aromatic rings. The van der Waals surface area contributed by atoms with Gasteiger partial charge in [0, 0.05) is 48.8 Å².